The van der Waals surface area contributed by atoms with Crippen molar-refractivity contribution in [1.82, 2.24) is 4.90 Å². The van der Waals surface area contributed by atoms with Gasteiger partial charge in [-0.05, 0) is 52.2 Å². The van der Waals surface area contributed by atoms with Crippen molar-refractivity contribution in [3.63, 3.8) is 0 Å². The van der Waals surface area contributed by atoms with Gasteiger partial charge in [0.1, 0.15) is 0 Å². The molecule has 0 fully saturated rings. The molecule has 1 aromatic rings. The molecular formula is C20H28N2O2. The molecule has 0 aromatic heterocycles. The Balaban J connectivity index is 2.16. The molecule has 0 spiro atoms. The summed E-state index contributed by atoms with van der Waals surface area (Å²) in [6.45, 7) is 9.34. The van der Waals surface area contributed by atoms with E-state index in [0.29, 0.717) is 25.9 Å². The third-order valence-corrected chi connectivity index (χ3v) is 4.80. The van der Waals surface area contributed by atoms with Crippen LogP contribution in [-0.4, -0.2) is 29.8 Å². The van der Waals surface area contributed by atoms with Crippen LogP contribution < -0.4 is 5.32 Å². The Labute approximate surface area is 144 Å². The van der Waals surface area contributed by atoms with E-state index in [1.54, 1.807) is 0 Å². The number of aryl methyl sites for hydroxylation is 2. The Morgan fingerprint density at radius 3 is 2.29 bits per heavy atom. The van der Waals surface area contributed by atoms with E-state index in [-0.39, 0.29) is 23.7 Å². The summed E-state index contributed by atoms with van der Waals surface area (Å²) < 4.78 is 0. The molecule has 130 valence electrons. The van der Waals surface area contributed by atoms with Crippen molar-refractivity contribution in [2.45, 2.75) is 40.5 Å². The van der Waals surface area contributed by atoms with Crippen LogP contribution in [-0.2, 0) is 9.59 Å². The molecule has 4 heteroatoms. The zero-order chi connectivity index (χ0) is 17.7. The number of nitrogens with zero attached hydrogens (tertiary/aromatic N) is 1. The molecule has 24 heavy (non-hydrogen) atoms. The molecule has 0 aliphatic heterocycles. The van der Waals surface area contributed by atoms with Gasteiger partial charge in [0.2, 0.25) is 11.8 Å². The van der Waals surface area contributed by atoms with E-state index in [2.05, 4.69) is 11.4 Å². The first kappa shape index (κ1) is 18.2. The quantitative estimate of drug-likeness (QED) is 0.838. The van der Waals surface area contributed by atoms with Crippen LogP contribution in [0.4, 0.5) is 5.69 Å². The van der Waals surface area contributed by atoms with Crippen molar-refractivity contribution in [3.8, 4) is 0 Å². The number of rotatable bonds is 5. The van der Waals surface area contributed by atoms with Crippen LogP contribution in [0.5, 0.6) is 0 Å². The van der Waals surface area contributed by atoms with E-state index in [1.807, 2.05) is 56.9 Å². The fraction of sp³-hybridized carbons (Fsp3) is 0.500. The van der Waals surface area contributed by atoms with Gasteiger partial charge in [-0.2, -0.15) is 0 Å². The van der Waals surface area contributed by atoms with Crippen molar-refractivity contribution in [2.24, 2.45) is 11.8 Å². The number of carbonyl (C=O) groups is 2. The molecule has 1 aliphatic rings. The minimum absolute atomic E-state index is 0.0585. The molecule has 0 radical (unpaired) electrons. The van der Waals surface area contributed by atoms with Crippen molar-refractivity contribution in [2.75, 3.05) is 18.4 Å². The largest absolute Gasteiger partial charge is 0.343 e. The Morgan fingerprint density at radius 1 is 1.08 bits per heavy atom. The number of nitrogens with one attached hydrogen (secondary N) is 1. The average Bonchev–Trinajstić information content (AvgIpc) is 2.58. The lowest BCUT2D eigenvalue weighted by atomic mass is 9.81. The summed E-state index contributed by atoms with van der Waals surface area (Å²) in [6.07, 6.45) is 5.29. The molecule has 0 bridgehead atoms. The fourth-order valence-electron chi connectivity index (χ4n) is 3.33. The van der Waals surface area contributed by atoms with Gasteiger partial charge in [0.05, 0.1) is 11.8 Å². The lowest BCUT2D eigenvalue weighted by Gasteiger charge is -2.31. The third-order valence-electron chi connectivity index (χ3n) is 4.80. The first-order valence-corrected chi connectivity index (χ1v) is 8.79. The van der Waals surface area contributed by atoms with Gasteiger partial charge < -0.3 is 10.2 Å². The van der Waals surface area contributed by atoms with Gasteiger partial charge in [0.15, 0.2) is 0 Å². The van der Waals surface area contributed by atoms with Crippen LogP contribution in [0, 0.1) is 25.7 Å². The van der Waals surface area contributed by atoms with Crippen molar-refractivity contribution < 1.29 is 9.59 Å². The summed E-state index contributed by atoms with van der Waals surface area (Å²) in [5.74, 6) is -0.536. The summed E-state index contributed by atoms with van der Waals surface area (Å²) in [7, 11) is 0. The van der Waals surface area contributed by atoms with E-state index < -0.39 is 0 Å². The van der Waals surface area contributed by atoms with Gasteiger partial charge in [-0.25, -0.2) is 0 Å². The number of hydrogen-bond acceptors (Lipinski definition) is 2. The number of hydrogen-bond donors (Lipinski definition) is 1. The van der Waals surface area contributed by atoms with Crippen molar-refractivity contribution in [3.05, 3.63) is 41.5 Å². The summed E-state index contributed by atoms with van der Waals surface area (Å²) >= 11 is 0. The molecule has 1 aromatic carbocycles. The normalized spacial score (nSPS) is 19.8. The van der Waals surface area contributed by atoms with Gasteiger partial charge in [-0.3, -0.25) is 9.59 Å². The van der Waals surface area contributed by atoms with Crippen LogP contribution in [0.15, 0.2) is 30.4 Å². The molecule has 2 atom stereocenters. The highest BCUT2D eigenvalue weighted by Gasteiger charge is 2.35. The predicted molar refractivity (Wildman–Crippen MR) is 97.8 cm³/mol. The van der Waals surface area contributed by atoms with Crippen LogP contribution in [0.2, 0.25) is 0 Å². The van der Waals surface area contributed by atoms with Crippen LogP contribution in [0.1, 0.15) is 37.8 Å². The lowest BCUT2D eigenvalue weighted by Crippen LogP contribution is -2.43. The van der Waals surface area contributed by atoms with Crippen LogP contribution >= 0.6 is 0 Å². The van der Waals surface area contributed by atoms with E-state index in [9.17, 15) is 9.59 Å². The summed E-state index contributed by atoms with van der Waals surface area (Å²) in [4.78, 5) is 27.4. The lowest BCUT2D eigenvalue weighted by molar-refractivity contribution is -0.140. The zero-order valence-electron chi connectivity index (χ0n) is 15.1. The summed E-state index contributed by atoms with van der Waals surface area (Å²) in [5.41, 5.74) is 3.04. The zero-order valence-corrected chi connectivity index (χ0v) is 15.1. The number of anilines is 1. The van der Waals surface area contributed by atoms with Gasteiger partial charge in [-0.1, -0.05) is 29.8 Å². The van der Waals surface area contributed by atoms with E-state index in [4.69, 9.17) is 0 Å². The SMILES string of the molecule is CCN(CC)C(=O)C1CC=CCC1C(=O)Nc1ccc(C)cc1C. The Hall–Kier alpha value is -2.10. The molecule has 0 saturated carbocycles. The average molecular weight is 328 g/mol. The summed E-state index contributed by atoms with van der Waals surface area (Å²) in [6, 6.07) is 5.97. The monoisotopic (exact) mass is 328 g/mol. The van der Waals surface area contributed by atoms with Crippen LogP contribution in [0.3, 0.4) is 0 Å². The predicted octanol–water partition coefficient (Wildman–Crippen LogP) is 3.69. The van der Waals surface area contributed by atoms with Crippen molar-refractivity contribution >= 4 is 17.5 Å². The summed E-state index contributed by atoms with van der Waals surface area (Å²) in [5, 5.41) is 3.02. The first-order chi connectivity index (χ1) is 11.5. The standard InChI is InChI=1S/C20H28N2O2/c1-5-22(6-2)20(24)17-10-8-7-9-16(17)19(23)21-18-12-11-14(3)13-15(18)4/h7-8,11-13,16-17H,5-6,9-10H2,1-4H3,(H,21,23). The maximum Gasteiger partial charge on any atom is 0.228 e. The van der Waals surface area contributed by atoms with Gasteiger partial charge in [-0.15, -0.1) is 0 Å². The fourth-order valence-corrected chi connectivity index (χ4v) is 3.33. The number of carbonyl (C=O) groups excluding carboxylic acids is 2. The molecule has 4 nitrogen and oxygen atoms in total. The topological polar surface area (TPSA) is 49.4 Å². The second-order valence-corrected chi connectivity index (χ2v) is 6.47. The Kier molecular flexibility index (Phi) is 6.18. The minimum Gasteiger partial charge on any atom is -0.343 e. The molecule has 2 amide bonds. The molecule has 1 N–H and O–H groups in total. The van der Waals surface area contributed by atoms with E-state index in [0.717, 1.165) is 11.3 Å². The molecule has 2 rings (SSSR count). The highest BCUT2D eigenvalue weighted by atomic mass is 16.2. The second-order valence-electron chi connectivity index (χ2n) is 6.47. The van der Waals surface area contributed by atoms with Gasteiger partial charge in [0, 0.05) is 18.8 Å². The smallest absolute Gasteiger partial charge is 0.228 e. The number of benzene rings is 1. The molecule has 2 unspecified atom stereocenters. The van der Waals surface area contributed by atoms with Crippen LogP contribution in [0.25, 0.3) is 0 Å². The van der Waals surface area contributed by atoms with Gasteiger partial charge in [0.25, 0.3) is 0 Å². The van der Waals surface area contributed by atoms with Crippen molar-refractivity contribution in [1.29, 1.82) is 0 Å². The highest BCUT2D eigenvalue weighted by molar-refractivity contribution is 5.97. The maximum atomic E-state index is 12.8. The molecule has 0 saturated heterocycles. The van der Waals surface area contributed by atoms with E-state index >= 15 is 0 Å². The molecule has 0 heterocycles. The highest BCUT2D eigenvalue weighted by Crippen LogP contribution is 2.29. The minimum atomic E-state index is -0.302. The number of amides is 2. The Morgan fingerprint density at radius 2 is 1.71 bits per heavy atom. The third kappa shape index (κ3) is 4.05. The number of allylic oxidation sites excluding steroid dienone is 2. The van der Waals surface area contributed by atoms with E-state index in [1.165, 1.54) is 5.56 Å². The van der Waals surface area contributed by atoms with Gasteiger partial charge >= 0.3 is 0 Å². The second kappa shape index (κ2) is 8.13. The first-order valence-electron chi connectivity index (χ1n) is 8.79. The maximum absolute atomic E-state index is 12.8. The Bertz CT molecular complexity index is 633. The molecule has 1 aliphatic carbocycles. The molecular weight excluding hydrogens is 300 g/mol.